The minimum absolute atomic E-state index is 0.159. The van der Waals surface area contributed by atoms with Gasteiger partial charge in [0, 0.05) is 18.0 Å². The van der Waals surface area contributed by atoms with Gasteiger partial charge in [0.1, 0.15) is 27.9 Å². The van der Waals surface area contributed by atoms with E-state index in [0.29, 0.717) is 48.9 Å². The molecule has 4 aromatic heterocycles. The average molecular weight is 506 g/mol. The maximum absolute atomic E-state index is 12.1. The second kappa shape index (κ2) is 10.1. The Labute approximate surface area is 212 Å². The van der Waals surface area contributed by atoms with Crippen molar-refractivity contribution in [3.05, 3.63) is 53.4 Å². The van der Waals surface area contributed by atoms with E-state index in [1.807, 2.05) is 31.2 Å². The summed E-state index contributed by atoms with van der Waals surface area (Å²) in [4.78, 5) is 26.6. The van der Waals surface area contributed by atoms with E-state index >= 15 is 0 Å². The van der Waals surface area contributed by atoms with Crippen molar-refractivity contribution >= 4 is 28.9 Å². The molecule has 0 amide bonds. The predicted molar refractivity (Wildman–Crippen MR) is 135 cm³/mol. The number of hydrogen-bond acceptors (Lipinski definition) is 10. The summed E-state index contributed by atoms with van der Waals surface area (Å²) in [6, 6.07) is 7.68. The highest BCUT2D eigenvalue weighted by Crippen LogP contribution is 2.42. The van der Waals surface area contributed by atoms with Crippen LogP contribution in [0.1, 0.15) is 43.2 Å². The Bertz CT molecular complexity index is 1350. The van der Waals surface area contributed by atoms with E-state index in [0.717, 1.165) is 27.4 Å². The predicted octanol–water partition coefficient (Wildman–Crippen LogP) is 4.38. The van der Waals surface area contributed by atoms with Crippen LogP contribution in [0.4, 0.5) is 11.6 Å². The summed E-state index contributed by atoms with van der Waals surface area (Å²) in [7, 11) is 0. The van der Waals surface area contributed by atoms with Crippen LogP contribution in [0.25, 0.3) is 21.8 Å². The summed E-state index contributed by atoms with van der Waals surface area (Å²) < 4.78 is 5.15. The Hall–Kier alpha value is -3.70. The number of aromatic amines is 1. The Morgan fingerprint density at radius 1 is 1.19 bits per heavy atom. The summed E-state index contributed by atoms with van der Waals surface area (Å²) in [6.07, 6.45) is 7.24. The van der Waals surface area contributed by atoms with Crippen LogP contribution in [0.15, 0.2) is 42.9 Å². The Balaban J connectivity index is 1.33. The highest BCUT2D eigenvalue weighted by atomic mass is 32.1. The smallest absolute Gasteiger partial charge is 0.308 e. The monoisotopic (exact) mass is 505 g/mol. The van der Waals surface area contributed by atoms with E-state index in [1.165, 1.54) is 11.3 Å². The van der Waals surface area contributed by atoms with Gasteiger partial charge < -0.3 is 15.2 Å². The second-order valence-corrected chi connectivity index (χ2v) is 9.94. The van der Waals surface area contributed by atoms with Crippen LogP contribution in [-0.2, 0) is 15.1 Å². The number of H-pyrrole nitrogens is 1. The summed E-state index contributed by atoms with van der Waals surface area (Å²) in [5, 5.41) is 25.8. The molecule has 186 valence electrons. The van der Waals surface area contributed by atoms with E-state index in [-0.39, 0.29) is 11.9 Å². The number of anilines is 2. The van der Waals surface area contributed by atoms with E-state index in [2.05, 4.69) is 30.7 Å². The molecule has 0 aliphatic heterocycles. The molecular formula is C25H27N7O3S. The van der Waals surface area contributed by atoms with Gasteiger partial charge in [0.2, 0.25) is 0 Å². The Morgan fingerprint density at radius 3 is 2.78 bits per heavy atom. The molecular weight excluding hydrogens is 478 g/mol. The van der Waals surface area contributed by atoms with Crippen LogP contribution in [0.5, 0.6) is 0 Å². The minimum Gasteiger partial charge on any atom is -0.466 e. The van der Waals surface area contributed by atoms with E-state index in [9.17, 15) is 9.90 Å². The number of nitrogens with zero attached hydrogens (tertiary/aromatic N) is 5. The fourth-order valence-electron chi connectivity index (χ4n) is 4.40. The summed E-state index contributed by atoms with van der Waals surface area (Å²) >= 11 is 1.43. The van der Waals surface area contributed by atoms with Crippen molar-refractivity contribution in [2.45, 2.75) is 45.1 Å². The minimum atomic E-state index is -1.04. The number of aliphatic hydroxyl groups is 1. The van der Waals surface area contributed by atoms with Gasteiger partial charge in [0.25, 0.3) is 0 Å². The van der Waals surface area contributed by atoms with Crippen molar-refractivity contribution in [1.82, 2.24) is 30.4 Å². The number of hydrogen-bond donors (Lipinski definition) is 3. The molecule has 1 aliphatic carbocycles. The first-order valence-corrected chi connectivity index (χ1v) is 12.7. The van der Waals surface area contributed by atoms with E-state index in [1.54, 1.807) is 25.5 Å². The molecule has 0 saturated heterocycles. The third-order valence-corrected chi connectivity index (χ3v) is 7.50. The molecule has 1 saturated carbocycles. The van der Waals surface area contributed by atoms with Crippen LogP contribution in [0.2, 0.25) is 0 Å². The van der Waals surface area contributed by atoms with Gasteiger partial charge in [-0.1, -0.05) is 0 Å². The molecule has 0 radical (unpaired) electrons. The van der Waals surface area contributed by atoms with Crippen LogP contribution < -0.4 is 5.32 Å². The molecule has 11 heteroatoms. The van der Waals surface area contributed by atoms with Crippen LogP contribution in [-0.4, -0.2) is 48.0 Å². The van der Waals surface area contributed by atoms with Crippen LogP contribution >= 0.6 is 11.3 Å². The topological polar surface area (TPSA) is 139 Å². The molecule has 10 nitrogen and oxygen atoms in total. The zero-order valence-electron chi connectivity index (χ0n) is 20.1. The number of aryl methyl sites for hydroxylation is 1. The van der Waals surface area contributed by atoms with Crippen molar-refractivity contribution in [2.24, 2.45) is 5.92 Å². The molecule has 0 bridgehead atoms. The highest BCUT2D eigenvalue weighted by Gasteiger charge is 2.39. The number of pyridine rings is 2. The number of ether oxygens (including phenoxy) is 1. The second-order valence-electron chi connectivity index (χ2n) is 8.91. The number of aromatic nitrogens is 6. The number of nitrogens with one attached hydrogen (secondary N) is 2. The average Bonchev–Trinajstić information content (AvgIpc) is 3.58. The molecule has 1 fully saturated rings. The number of carbonyl (C=O) groups is 1. The molecule has 1 aliphatic rings. The van der Waals surface area contributed by atoms with Crippen molar-refractivity contribution < 1.29 is 14.6 Å². The van der Waals surface area contributed by atoms with E-state index < -0.39 is 5.60 Å². The van der Waals surface area contributed by atoms with Crippen molar-refractivity contribution in [1.29, 1.82) is 0 Å². The third-order valence-electron chi connectivity index (χ3n) is 6.29. The van der Waals surface area contributed by atoms with Gasteiger partial charge in [-0.2, -0.15) is 15.4 Å². The molecule has 0 unspecified atom stereocenters. The van der Waals surface area contributed by atoms with Crippen LogP contribution in [0.3, 0.4) is 0 Å². The Kier molecular flexibility index (Phi) is 6.75. The standard InChI is InChI=1S/C25H27N7O3S/c1-3-35-23(33)16-4-7-25(34,8-5-16)24-27-14-20(36-24)18-10-15(2)11-22(29-18)30-21-12-17(6-9-26-21)19-13-28-32-31-19/h6,9-14,16,34H,3-5,7-8H2,1-2H3,(H,26,29,30)(H,28,31,32). The van der Waals surface area contributed by atoms with Gasteiger partial charge in [-0.3, -0.25) is 4.79 Å². The summed E-state index contributed by atoms with van der Waals surface area (Å²) in [6.45, 7) is 4.18. The lowest BCUT2D eigenvalue weighted by atomic mass is 9.79. The third kappa shape index (κ3) is 5.12. The van der Waals surface area contributed by atoms with Crippen LogP contribution in [0, 0.1) is 12.8 Å². The van der Waals surface area contributed by atoms with Gasteiger partial charge in [-0.25, -0.2) is 15.0 Å². The first kappa shape index (κ1) is 24.0. The lowest BCUT2D eigenvalue weighted by molar-refractivity contribution is -0.151. The quantitative estimate of drug-likeness (QED) is 0.312. The number of esters is 1. The molecule has 36 heavy (non-hydrogen) atoms. The molecule has 0 spiro atoms. The molecule has 0 atom stereocenters. The lowest BCUT2D eigenvalue weighted by Crippen LogP contribution is -2.34. The fraction of sp³-hybridized carbons (Fsp3) is 0.360. The number of carbonyl (C=O) groups excluding carboxylic acids is 1. The molecule has 4 heterocycles. The van der Waals surface area contributed by atoms with Gasteiger partial charge in [-0.15, -0.1) is 11.3 Å². The highest BCUT2D eigenvalue weighted by molar-refractivity contribution is 7.15. The number of thiazole rings is 1. The molecule has 5 rings (SSSR count). The summed E-state index contributed by atoms with van der Waals surface area (Å²) in [5.41, 5.74) is 2.36. The summed E-state index contributed by atoms with van der Waals surface area (Å²) in [5.74, 6) is 0.952. The van der Waals surface area contributed by atoms with E-state index in [4.69, 9.17) is 9.72 Å². The zero-order valence-corrected chi connectivity index (χ0v) is 20.9. The van der Waals surface area contributed by atoms with Gasteiger partial charge in [-0.05, 0) is 69.4 Å². The fourth-order valence-corrected chi connectivity index (χ4v) is 5.42. The SMILES string of the molecule is CCOC(=O)C1CCC(O)(c2ncc(-c3cc(C)cc(Nc4cc(-c5cn[nH]n5)ccn4)n3)s2)CC1. The first-order valence-electron chi connectivity index (χ1n) is 11.9. The lowest BCUT2D eigenvalue weighted by Gasteiger charge is -2.33. The Morgan fingerprint density at radius 2 is 2.03 bits per heavy atom. The van der Waals surface area contributed by atoms with Gasteiger partial charge in [0.15, 0.2) is 0 Å². The molecule has 3 N–H and O–H groups in total. The van der Waals surface area contributed by atoms with Crippen molar-refractivity contribution in [3.63, 3.8) is 0 Å². The van der Waals surface area contributed by atoms with Gasteiger partial charge in [0.05, 0.1) is 29.3 Å². The van der Waals surface area contributed by atoms with Crippen molar-refractivity contribution in [2.75, 3.05) is 11.9 Å². The number of rotatable bonds is 7. The largest absolute Gasteiger partial charge is 0.466 e. The maximum Gasteiger partial charge on any atom is 0.308 e. The molecule has 0 aromatic carbocycles. The first-order chi connectivity index (χ1) is 17.4. The normalized spacial score (nSPS) is 19.7. The maximum atomic E-state index is 12.1. The van der Waals surface area contributed by atoms with Gasteiger partial charge >= 0.3 is 5.97 Å². The zero-order chi connectivity index (χ0) is 25.1. The molecule has 4 aromatic rings. The van der Waals surface area contributed by atoms with Crippen molar-refractivity contribution in [3.8, 4) is 21.8 Å².